The van der Waals surface area contributed by atoms with Gasteiger partial charge in [0.1, 0.15) is 17.3 Å². The van der Waals surface area contributed by atoms with Gasteiger partial charge < -0.3 is 19.7 Å². The Morgan fingerprint density at radius 3 is 2.33 bits per heavy atom. The summed E-state index contributed by atoms with van der Waals surface area (Å²) in [5.74, 6) is 0.542. The van der Waals surface area contributed by atoms with Crippen LogP contribution in [0, 0.1) is 5.82 Å². The van der Waals surface area contributed by atoms with Crippen LogP contribution in [0.4, 0.5) is 21.5 Å². The molecule has 0 radical (unpaired) electrons. The number of unbranched alkanes of at least 4 members (excludes halogenated alkanes) is 2. The molecule has 0 fully saturated rings. The maximum Gasteiger partial charge on any atom is 0.340 e. The molecule has 0 aliphatic carbocycles. The molecular weight excluding hydrogens is 503 g/mol. The molecule has 2 aliphatic heterocycles. The Morgan fingerprint density at radius 1 is 0.800 bits per heavy atom. The molecule has 0 amide bonds. The molecule has 2 aliphatic rings. The number of ether oxygens (including phenoxy) is 2. The van der Waals surface area contributed by atoms with Crippen molar-refractivity contribution in [3.05, 3.63) is 113 Å². The molecule has 6 rings (SSSR count). The van der Waals surface area contributed by atoms with Crippen LogP contribution in [0.25, 0.3) is 0 Å². The highest BCUT2D eigenvalue weighted by Crippen LogP contribution is 2.57. The van der Waals surface area contributed by atoms with Crippen molar-refractivity contribution in [3.63, 3.8) is 0 Å². The SMILES string of the molecule is CCCCN(CCCC)c1ccc2c(c1)Oc1ccc(Nc3ccccc3F)cc1C21OC(=O)c2ccccc21. The first kappa shape index (κ1) is 25.9. The number of hydrogen-bond acceptors (Lipinski definition) is 5. The van der Waals surface area contributed by atoms with Crippen molar-refractivity contribution in [1.82, 2.24) is 0 Å². The Balaban J connectivity index is 1.49. The number of nitrogens with one attached hydrogen (secondary N) is 1. The molecule has 0 saturated carbocycles. The minimum Gasteiger partial charge on any atom is -0.456 e. The molecule has 0 bridgehead atoms. The number of nitrogens with zero attached hydrogens (tertiary/aromatic N) is 1. The van der Waals surface area contributed by atoms with Crippen LogP contribution in [0.1, 0.15) is 66.6 Å². The topological polar surface area (TPSA) is 50.8 Å². The van der Waals surface area contributed by atoms with Crippen LogP contribution in [0.2, 0.25) is 0 Å². The van der Waals surface area contributed by atoms with E-state index >= 15 is 0 Å². The van der Waals surface area contributed by atoms with Crippen molar-refractivity contribution in [2.24, 2.45) is 0 Å². The fourth-order valence-corrected chi connectivity index (χ4v) is 5.72. The molecule has 6 heteroatoms. The lowest BCUT2D eigenvalue weighted by Gasteiger charge is -2.37. The van der Waals surface area contributed by atoms with Crippen LogP contribution >= 0.6 is 0 Å². The van der Waals surface area contributed by atoms with Gasteiger partial charge in [-0.15, -0.1) is 0 Å². The third-order valence-electron chi connectivity index (χ3n) is 7.78. The minimum absolute atomic E-state index is 0.350. The molecule has 4 aromatic rings. The molecule has 2 heterocycles. The van der Waals surface area contributed by atoms with Gasteiger partial charge in [-0.1, -0.05) is 57.0 Å². The maximum atomic E-state index is 14.5. The zero-order valence-electron chi connectivity index (χ0n) is 22.9. The van der Waals surface area contributed by atoms with Crippen LogP contribution in [0.3, 0.4) is 0 Å². The monoisotopic (exact) mass is 536 g/mol. The zero-order chi connectivity index (χ0) is 27.7. The van der Waals surface area contributed by atoms with E-state index in [1.807, 2.05) is 42.5 Å². The number of benzene rings is 4. The van der Waals surface area contributed by atoms with Crippen molar-refractivity contribution in [2.45, 2.75) is 45.1 Å². The van der Waals surface area contributed by atoms with Gasteiger partial charge in [0, 0.05) is 47.2 Å². The lowest BCUT2D eigenvalue weighted by atomic mass is 9.77. The van der Waals surface area contributed by atoms with E-state index in [2.05, 4.69) is 36.2 Å². The van der Waals surface area contributed by atoms with Crippen molar-refractivity contribution in [3.8, 4) is 11.5 Å². The van der Waals surface area contributed by atoms with Gasteiger partial charge in [0.15, 0.2) is 5.60 Å². The van der Waals surface area contributed by atoms with Gasteiger partial charge >= 0.3 is 5.97 Å². The second kappa shape index (κ2) is 10.7. The van der Waals surface area contributed by atoms with Gasteiger partial charge in [0.25, 0.3) is 0 Å². The number of rotatable bonds is 9. The largest absolute Gasteiger partial charge is 0.456 e. The summed E-state index contributed by atoms with van der Waals surface area (Å²) >= 11 is 0. The van der Waals surface area contributed by atoms with E-state index in [1.54, 1.807) is 24.3 Å². The van der Waals surface area contributed by atoms with Crippen molar-refractivity contribution < 1.29 is 18.7 Å². The molecule has 1 atom stereocenters. The molecule has 1 N–H and O–H groups in total. The normalized spacial score (nSPS) is 16.5. The zero-order valence-corrected chi connectivity index (χ0v) is 22.9. The van der Waals surface area contributed by atoms with Crippen molar-refractivity contribution in [2.75, 3.05) is 23.3 Å². The van der Waals surface area contributed by atoms with E-state index in [9.17, 15) is 9.18 Å². The number of fused-ring (bicyclic) bond motifs is 6. The lowest BCUT2D eigenvalue weighted by molar-refractivity contribution is 0.0224. The highest BCUT2D eigenvalue weighted by atomic mass is 19.1. The third-order valence-corrected chi connectivity index (χ3v) is 7.78. The highest BCUT2D eigenvalue weighted by Gasteiger charge is 2.53. The number of esters is 1. The molecule has 1 unspecified atom stereocenters. The molecule has 40 heavy (non-hydrogen) atoms. The molecule has 5 nitrogen and oxygen atoms in total. The summed E-state index contributed by atoms with van der Waals surface area (Å²) in [6.07, 6.45) is 4.46. The summed E-state index contributed by atoms with van der Waals surface area (Å²) < 4.78 is 27.3. The smallest absolute Gasteiger partial charge is 0.340 e. The average molecular weight is 537 g/mol. The van der Waals surface area contributed by atoms with Crippen LogP contribution < -0.4 is 15.0 Å². The van der Waals surface area contributed by atoms with Gasteiger partial charge in [-0.05, 0) is 61.4 Å². The molecular formula is C34H33FN2O3. The second-order valence-corrected chi connectivity index (χ2v) is 10.4. The molecule has 204 valence electrons. The Labute approximate surface area is 234 Å². The quantitative estimate of drug-likeness (QED) is 0.217. The van der Waals surface area contributed by atoms with Crippen LogP contribution in [0.15, 0.2) is 84.9 Å². The van der Waals surface area contributed by atoms with Gasteiger partial charge in [-0.3, -0.25) is 0 Å². The van der Waals surface area contributed by atoms with Gasteiger partial charge in [-0.25, -0.2) is 9.18 Å². The van der Waals surface area contributed by atoms with E-state index in [-0.39, 0.29) is 11.8 Å². The Bertz CT molecular complexity index is 1560. The predicted octanol–water partition coefficient (Wildman–Crippen LogP) is 8.54. The summed E-state index contributed by atoms with van der Waals surface area (Å²) in [5, 5.41) is 3.17. The van der Waals surface area contributed by atoms with E-state index in [0.717, 1.165) is 55.6 Å². The fourth-order valence-electron chi connectivity index (χ4n) is 5.72. The minimum atomic E-state index is -1.18. The van der Waals surface area contributed by atoms with Gasteiger partial charge in [0.2, 0.25) is 0 Å². The average Bonchev–Trinajstić information content (AvgIpc) is 3.27. The fraction of sp³-hybridized carbons (Fsp3) is 0.265. The van der Waals surface area contributed by atoms with E-state index in [0.29, 0.717) is 34.0 Å². The van der Waals surface area contributed by atoms with Crippen molar-refractivity contribution >= 4 is 23.0 Å². The first-order valence-corrected chi connectivity index (χ1v) is 14.1. The molecule has 0 saturated heterocycles. The Morgan fingerprint density at radius 2 is 1.55 bits per heavy atom. The number of anilines is 3. The van der Waals surface area contributed by atoms with Gasteiger partial charge in [-0.2, -0.15) is 0 Å². The first-order chi connectivity index (χ1) is 19.5. The van der Waals surface area contributed by atoms with Crippen molar-refractivity contribution in [1.29, 1.82) is 0 Å². The molecule has 4 aromatic carbocycles. The van der Waals surface area contributed by atoms with E-state index in [1.165, 1.54) is 6.07 Å². The molecule has 1 spiro atoms. The summed E-state index contributed by atoms with van der Waals surface area (Å²) in [5.41, 5.74) is 3.71. The van der Waals surface area contributed by atoms with E-state index < -0.39 is 5.60 Å². The number of carbonyl (C=O) groups excluding carboxylic acids is 1. The molecule has 0 aromatic heterocycles. The number of carbonyl (C=O) groups is 1. The summed E-state index contributed by atoms with van der Waals surface area (Å²) in [6, 6.07) is 25.9. The van der Waals surface area contributed by atoms with Crippen LogP contribution in [-0.2, 0) is 10.3 Å². The highest BCUT2D eigenvalue weighted by molar-refractivity contribution is 5.97. The second-order valence-electron chi connectivity index (χ2n) is 10.4. The Hall–Kier alpha value is -4.32. The Kier molecular flexibility index (Phi) is 6.93. The number of hydrogen-bond donors (Lipinski definition) is 1. The summed E-state index contributed by atoms with van der Waals surface area (Å²) in [4.78, 5) is 15.7. The summed E-state index contributed by atoms with van der Waals surface area (Å²) in [6.45, 7) is 6.35. The van der Waals surface area contributed by atoms with Crippen LogP contribution in [-0.4, -0.2) is 19.1 Å². The summed E-state index contributed by atoms with van der Waals surface area (Å²) in [7, 11) is 0. The van der Waals surface area contributed by atoms with Crippen LogP contribution in [0.5, 0.6) is 11.5 Å². The third kappa shape index (κ3) is 4.37. The first-order valence-electron chi connectivity index (χ1n) is 14.1. The maximum absolute atomic E-state index is 14.5. The van der Waals surface area contributed by atoms with Gasteiger partial charge in [0.05, 0.1) is 11.3 Å². The number of halogens is 1. The van der Waals surface area contributed by atoms with E-state index in [4.69, 9.17) is 9.47 Å². The predicted molar refractivity (Wildman–Crippen MR) is 156 cm³/mol. The number of para-hydroxylation sites is 1. The standard InChI is InChI=1S/C34H33FN2O3/c1-3-5-19-37(20-6-4-2)24-16-17-27-32(22-24)39-31-18-15-23(36-30-14-10-9-13-29(30)35)21-28(31)34(27)26-12-8-7-11-25(26)33(38)40-34/h7-18,21-22,36H,3-6,19-20H2,1-2H3. The lowest BCUT2D eigenvalue weighted by Crippen LogP contribution is -2.33.